The van der Waals surface area contributed by atoms with Gasteiger partial charge in [0.05, 0.1) is 5.69 Å². The highest BCUT2D eigenvalue weighted by Crippen LogP contribution is 2.20. The van der Waals surface area contributed by atoms with Crippen molar-refractivity contribution in [1.29, 1.82) is 0 Å². The molecule has 0 aliphatic heterocycles. The van der Waals surface area contributed by atoms with Crippen LogP contribution in [0.15, 0.2) is 12.1 Å². The molecule has 0 unspecified atom stereocenters. The lowest BCUT2D eigenvalue weighted by molar-refractivity contribution is -0.119. The van der Waals surface area contributed by atoms with Crippen LogP contribution in [0.2, 0.25) is 0 Å². The van der Waals surface area contributed by atoms with Crippen molar-refractivity contribution < 1.29 is 18.4 Å². The van der Waals surface area contributed by atoms with Gasteiger partial charge in [0.2, 0.25) is 12.3 Å². The number of halogens is 2. The first kappa shape index (κ1) is 12.1. The molecule has 0 bridgehead atoms. The molecule has 1 rings (SSSR count). The summed E-state index contributed by atoms with van der Waals surface area (Å²) in [5, 5.41) is 4.37. The van der Waals surface area contributed by atoms with Crippen molar-refractivity contribution in [1.82, 2.24) is 5.32 Å². The number of nitrogens with one attached hydrogen (secondary N) is 2. The first-order chi connectivity index (χ1) is 7.56. The second kappa shape index (κ2) is 5.20. The van der Waals surface area contributed by atoms with Gasteiger partial charge in [-0.15, -0.1) is 0 Å². The second-order valence-corrected chi connectivity index (χ2v) is 3.06. The third-order valence-electron chi connectivity index (χ3n) is 1.91. The zero-order valence-electron chi connectivity index (χ0n) is 8.51. The molecular formula is C10H10F2N2O2. The minimum atomic E-state index is -0.888. The van der Waals surface area contributed by atoms with Gasteiger partial charge in [-0.2, -0.15) is 0 Å². The minimum absolute atomic E-state index is 0.128. The molecule has 1 aromatic carbocycles. The first-order valence-corrected chi connectivity index (χ1v) is 4.47. The lowest BCUT2D eigenvalue weighted by Gasteiger charge is -2.08. The normalized spacial score (nSPS) is 9.69. The summed E-state index contributed by atoms with van der Waals surface area (Å²) in [6.45, 7) is 0.977. The highest BCUT2D eigenvalue weighted by Gasteiger charge is 2.13. The third kappa shape index (κ3) is 2.75. The standard InChI is InChI=1S/C10H10F2N2O2/c1-6(16)13-4-7-8(11)2-3-9(10(7)12)14-5-15/h2-3,5H,4H2,1H3,(H,13,16)(H,14,15). The average Bonchev–Trinajstić information content (AvgIpc) is 2.22. The molecule has 16 heavy (non-hydrogen) atoms. The summed E-state index contributed by atoms with van der Waals surface area (Å²) in [6.07, 6.45) is 0.290. The minimum Gasteiger partial charge on any atom is -0.352 e. The predicted octanol–water partition coefficient (Wildman–Crippen LogP) is 1.17. The molecule has 0 saturated carbocycles. The molecule has 1 aromatic rings. The maximum Gasteiger partial charge on any atom is 0.217 e. The van der Waals surface area contributed by atoms with Crippen LogP contribution in [0.5, 0.6) is 0 Å². The number of rotatable bonds is 4. The largest absolute Gasteiger partial charge is 0.352 e. The van der Waals surface area contributed by atoms with Crippen molar-refractivity contribution in [3.8, 4) is 0 Å². The van der Waals surface area contributed by atoms with Crippen molar-refractivity contribution in [3.05, 3.63) is 29.3 Å². The van der Waals surface area contributed by atoms with E-state index in [-0.39, 0.29) is 17.8 Å². The van der Waals surface area contributed by atoms with Crippen molar-refractivity contribution in [2.75, 3.05) is 5.32 Å². The van der Waals surface area contributed by atoms with Gasteiger partial charge in [0.1, 0.15) is 5.82 Å². The van der Waals surface area contributed by atoms with E-state index in [0.717, 1.165) is 12.1 Å². The van der Waals surface area contributed by atoms with Crippen molar-refractivity contribution >= 4 is 18.0 Å². The molecule has 6 heteroatoms. The van der Waals surface area contributed by atoms with Crippen LogP contribution in [0.3, 0.4) is 0 Å². The fraction of sp³-hybridized carbons (Fsp3) is 0.200. The maximum absolute atomic E-state index is 13.6. The Morgan fingerprint density at radius 2 is 2.12 bits per heavy atom. The summed E-state index contributed by atoms with van der Waals surface area (Å²) < 4.78 is 26.8. The van der Waals surface area contributed by atoms with Crippen molar-refractivity contribution in [3.63, 3.8) is 0 Å². The van der Waals surface area contributed by atoms with E-state index in [4.69, 9.17) is 0 Å². The van der Waals surface area contributed by atoms with E-state index in [1.165, 1.54) is 6.92 Å². The van der Waals surface area contributed by atoms with Gasteiger partial charge in [0, 0.05) is 19.0 Å². The van der Waals surface area contributed by atoms with Crippen LogP contribution in [0.1, 0.15) is 12.5 Å². The van der Waals surface area contributed by atoms with E-state index >= 15 is 0 Å². The maximum atomic E-state index is 13.6. The van der Waals surface area contributed by atoms with Crippen LogP contribution in [0.4, 0.5) is 14.5 Å². The molecule has 4 nitrogen and oxygen atoms in total. The molecule has 0 heterocycles. The number of hydrogen-bond donors (Lipinski definition) is 2. The van der Waals surface area contributed by atoms with Gasteiger partial charge in [-0.05, 0) is 12.1 Å². The number of carbonyl (C=O) groups is 2. The first-order valence-electron chi connectivity index (χ1n) is 4.47. The molecule has 0 fully saturated rings. The molecule has 0 aromatic heterocycles. The van der Waals surface area contributed by atoms with Crippen LogP contribution in [0, 0.1) is 11.6 Å². The van der Waals surface area contributed by atoms with Gasteiger partial charge in [-0.1, -0.05) is 0 Å². The fourth-order valence-electron chi connectivity index (χ4n) is 1.15. The Bertz CT molecular complexity index is 422. The Morgan fingerprint density at radius 1 is 1.44 bits per heavy atom. The van der Waals surface area contributed by atoms with Gasteiger partial charge in [-0.25, -0.2) is 8.78 Å². The van der Waals surface area contributed by atoms with Crippen molar-refractivity contribution in [2.45, 2.75) is 13.5 Å². The zero-order valence-corrected chi connectivity index (χ0v) is 8.51. The van der Waals surface area contributed by atoms with Crippen LogP contribution in [-0.2, 0) is 16.1 Å². The Balaban J connectivity index is 3.00. The van der Waals surface area contributed by atoms with Gasteiger partial charge in [-0.3, -0.25) is 9.59 Å². The average molecular weight is 228 g/mol. The summed E-state index contributed by atoms with van der Waals surface area (Å²) in [7, 11) is 0. The number of benzene rings is 1. The number of amides is 2. The third-order valence-corrected chi connectivity index (χ3v) is 1.91. The fourth-order valence-corrected chi connectivity index (χ4v) is 1.15. The van der Waals surface area contributed by atoms with Gasteiger partial charge >= 0.3 is 0 Å². The summed E-state index contributed by atoms with van der Waals surface area (Å²) >= 11 is 0. The van der Waals surface area contributed by atoms with Crippen LogP contribution < -0.4 is 10.6 Å². The summed E-state index contributed by atoms with van der Waals surface area (Å²) in [4.78, 5) is 20.8. The number of carbonyl (C=O) groups excluding carboxylic acids is 2. The molecule has 0 atom stereocenters. The van der Waals surface area contributed by atoms with Crippen LogP contribution >= 0.6 is 0 Å². The van der Waals surface area contributed by atoms with E-state index in [0.29, 0.717) is 6.41 Å². The van der Waals surface area contributed by atoms with Gasteiger partial charge in [0.15, 0.2) is 5.82 Å². The Labute approximate surface area is 90.6 Å². The number of hydrogen-bond acceptors (Lipinski definition) is 2. The molecule has 0 saturated heterocycles. The highest BCUT2D eigenvalue weighted by atomic mass is 19.1. The molecular weight excluding hydrogens is 218 g/mol. The second-order valence-electron chi connectivity index (χ2n) is 3.06. The number of anilines is 1. The monoisotopic (exact) mass is 228 g/mol. The summed E-state index contributed by atoms with van der Waals surface area (Å²) in [6, 6.07) is 2.13. The Kier molecular flexibility index (Phi) is 3.93. The van der Waals surface area contributed by atoms with E-state index in [1.807, 2.05) is 0 Å². The molecule has 2 amide bonds. The van der Waals surface area contributed by atoms with E-state index in [9.17, 15) is 18.4 Å². The van der Waals surface area contributed by atoms with Gasteiger partial charge in [0.25, 0.3) is 0 Å². The van der Waals surface area contributed by atoms with Crippen LogP contribution in [0.25, 0.3) is 0 Å². The SMILES string of the molecule is CC(=O)NCc1c(F)ccc(NC=O)c1F. The Morgan fingerprint density at radius 3 is 2.69 bits per heavy atom. The van der Waals surface area contributed by atoms with E-state index in [2.05, 4.69) is 10.6 Å². The quantitative estimate of drug-likeness (QED) is 0.760. The molecule has 0 radical (unpaired) electrons. The van der Waals surface area contributed by atoms with Gasteiger partial charge < -0.3 is 10.6 Å². The van der Waals surface area contributed by atoms with Crippen LogP contribution in [-0.4, -0.2) is 12.3 Å². The summed E-state index contributed by atoms with van der Waals surface area (Å²) in [5.41, 5.74) is -0.418. The lowest BCUT2D eigenvalue weighted by atomic mass is 10.1. The molecule has 0 spiro atoms. The molecule has 2 N–H and O–H groups in total. The van der Waals surface area contributed by atoms with Crippen molar-refractivity contribution in [2.24, 2.45) is 0 Å². The topological polar surface area (TPSA) is 58.2 Å². The summed E-state index contributed by atoms with van der Waals surface area (Å²) in [5.74, 6) is -2.06. The molecule has 0 aliphatic rings. The zero-order chi connectivity index (χ0) is 12.1. The van der Waals surface area contributed by atoms with E-state index < -0.39 is 17.5 Å². The Hall–Kier alpha value is -1.98. The predicted molar refractivity (Wildman–Crippen MR) is 53.6 cm³/mol. The van der Waals surface area contributed by atoms with E-state index in [1.54, 1.807) is 0 Å². The smallest absolute Gasteiger partial charge is 0.217 e. The molecule has 86 valence electrons. The highest BCUT2D eigenvalue weighted by molar-refractivity contribution is 5.73. The lowest BCUT2D eigenvalue weighted by Crippen LogP contribution is -2.21. The molecule has 0 aliphatic carbocycles.